The summed E-state index contributed by atoms with van der Waals surface area (Å²) >= 11 is 3.52. The molecule has 164 valence electrons. The van der Waals surface area contributed by atoms with Gasteiger partial charge < -0.3 is 19.4 Å². The summed E-state index contributed by atoms with van der Waals surface area (Å²) in [5.41, 5.74) is 3.13. The van der Waals surface area contributed by atoms with Crippen LogP contribution in [0, 0.1) is 5.92 Å². The molecule has 0 amide bonds. The predicted molar refractivity (Wildman–Crippen MR) is 109 cm³/mol. The monoisotopic (exact) mass is 497 g/mol. The standard InChI is InChI=1S/C20H19BrF3N5O2/c21-12-1-2-15-14(6-12)13-3-4-29(19-26-9-25-18(28-19)20(22,23)24)16(17(13)27-15)5-11-7-30-10-31-8-11/h1-2,6,9,11,16,27H,3-5,7-8,10H2/t16-/m0/s1. The van der Waals surface area contributed by atoms with Crippen LogP contribution in [0.15, 0.2) is 29.0 Å². The summed E-state index contributed by atoms with van der Waals surface area (Å²) in [6.45, 7) is 1.83. The molecule has 3 aromatic rings. The number of hydrogen-bond acceptors (Lipinski definition) is 6. The Labute approximate surface area is 184 Å². The molecular weight excluding hydrogens is 479 g/mol. The number of halogens is 4. The average Bonchev–Trinajstić information content (AvgIpc) is 3.12. The smallest absolute Gasteiger partial charge is 0.356 e. The van der Waals surface area contributed by atoms with Crippen LogP contribution in [0.2, 0.25) is 0 Å². The molecule has 1 aromatic carbocycles. The third kappa shape index (κ3) is 4.01. The second-order valence-electron chi connectivity index (χ2n) is 7.73. The van der Waals surface area contributed by atoms with Gasteiger partial charge in [-0.2, -0.15) is 18.2 Å². The maximum Gasteiger partial charge on any atom is 0.451 e. The number of ether oxygens (including phenoxy) is 2. The summed E-state index contributed by atoms with van der Waals surface area (Å²) in [6.07, 6.45) is -2.42. The van der Waals surface area contributed by atoms with Crippen LogP contribution in [0.5, 0.6) is 0 Å². The molecule has 7 nitrogen and oxygen atoms in total. The molecule has 31 heavy (non-hydrogen) atoms. The number of benzene rings is 1. The summed E-state index contributed by atoms with van der Waals surface area (Å²) in [7, 11) is 0. The van der Waals surface area contributed by atoms with Gasteiger partial charge in [-0.3, -0.25) is 0 Å². The molecule has 2 aromatic heterocycles. The van der Waals surface area contributed by atoms with E-state index in [4.69, 9.17) is 9.47 Å². The van der Waals surface area contributed by atoms with Crippen molar-refractivity contribution in [1.82, 2.24) is 19.9 Å². The van der Waals surface area contributed by atoms with Crippen LogP contribution < -0.4 is 4.90 Å². The Hall–Kier alpha value is -2.24. The highest BCUT2D eigenvalue weighted by atomic mass is 79.9. The molecule has 0 aliphatic carbocycles. The zero-order valence-corrected chi connectivity index (χ0v) is 17.9. The summed E-state index contributed by atoms with van der Waals surface area (Å²) in [5.74, 6) is -1.06. The molecule has 2 aliphatic rings. The van der Waals surface area contributed by atoms with Crippen molar-refractivity contribution >= 4 is 32.8 Å². The number of aromatic nitrogens is 4. The van der Waals surface area contributed by atoms with Crippen LogP contribution in [0.1, 0.15) is 29.5 Å². The van der Waals surface area contributed by atoms with Crippen molar-refractivity contribution in [3.05, 3.63) is 46.1 Å². The Bertz CT molecular complexity index is 1100. The highest BCUT2D eigenvalue weighted by Crippen LogP contribution is 2.40. The van der Waals surface area contributed by atoms with E-state index in [0.717, 1.165) is 27.4 Å². The van der Waals surface area contributed by atoms with Gasteiger partial charge in [-0.25, -0.2) is 9.97 Å². The maximum absolute atomic E-state index is 13.2. The zero-order valence-electron chi connectivity index (χ0n) is 16.3. The lowest BCUT2D eigenvalue weighted by molar-refractivity contribution is -0.145. The number of alkyl halides is 3. The SMILES string of the molecule is FC(F)(F)c1ncnc(N2CCc3c([nH]c4ccc(Br)cc34)[C@@H]2CC2COCOC2)n1. The topological polar surface area (TPSA) is 76.2 Å². The van der Waals surface area contributed by atoms with Crippen LogP contribution in [0.4, 0.5) is 19.1 Å². The minimum absolute atomic E-state index is 0.0236. The van der Waals surface area contributed by atoms with Gasteiger partial charge in [-0.15, -0.1) is 0 Å². The van der Waals surface area contributed by atoms with E-state index in [1.807, 2.05) is 17.0 Å². The van der Waals surface area contributed by atoms with Gasteiger partial charge in [0.1, 0.15) is 13.1 Å². The number of H-pyrrole nitrogens is 1. The maximum atomic E-state index is 13.2. The molecule has 1 N–H and O–H groups in total. The van der Waals surface area contributed by atoms with E-state index < -0.39 is 12.0 Å². The normalized spacial score (nSPS) is 20.3. The van der Waals surface area contributed by atoms with Crippen LogP contribution in [0.3, 0.4) is 0 Å². The Balaban J connectivity index is 1.57. The number of hydrogen-bond donors (Lipinski definition) is 1. The van der Waals surface area contributed by atoms with Crippen molar-refractivity contribution in [3.8, 4) is 0 Å². The lowest BCUT2D eigenvalue weighted by Gasteiger charge is -2.38. The van der Waals surface area contributed by atoms with E-state index in [1.54, 1.807) is 0 Å². The fourth-order valence-electron chi connectivity index (χ4n) is 4.37. The lowest BCUT2D eigenvalue weighted by atomic mass is 9.91. The predicted octanol–water partition coefficient (Wildman–Crippen LogP) is 4.25. The fraction of sp³-hybridized carbons (Fsp3) is 0.450. The first-order valence-electron chi connectivity index (χ1n) is 9.88. The highest BCUT2D eigenvalue weighted by molar-refractivity contribution is 9.10. The first-order chi connectivity index (χ1) is 14.9. The first-order valence-corrected chi connectivity index (χ1v) is 10.7. The third-order valence-corrected chi connectivity index (χ3v) is 6.21. The zero-order chi connectivity index (χ0) is 21.6. The summed E-state index contributed by atoms with van der Waals surface area (Å²) in [4.78, 5) is 16.5. The van der Waals surface area contributed by atoms with E-state index in [2.05, 4.69) is 41.9 Å². The third-order valence-electron chi connectivity index (χ3n) is 5.71. The minimum Gasteiger partial charge on any atom is -0.356 e. The van der Waals surface area contributed by atoms with Crippen LogP contribution in [-0.2, 0) is 22.1 Å². The molecule has 1 atom stereocenters. The van der Waals surface area contributed by atoms with Crippen molar-refractivity contribution in [3.63, 3.8) is 0 Å². The lowest BCUT2D eigenvalue weighted by Crippen LogP contribution is -2.39. The molecular formula is C20H19BrF3N5O2. The Morgan fingerprint density at radius 1 is 1.19 bits per heavy atom. The van der Waals surface area contributed by atoms with Gasteiger partial charge in [0.25, 0.3) is 0 Å². The summed E-state index contributed by atoms with van der Waals surface area (Å²) in [6, 6.07) is 5.78. The van der Waals surface area contributed by atoms with E-state index in [-0.39, 0.29) is 24.7 Å². The molecule has 11 heteroatoms. The van der Waals surface area contributed by atoms with Crippen LogP contribution >= 0.6 is 15.9 Å². The van der Waals surface area contributed by atoms with Crippen molar-refractivity contribution in [2.24, 2.45) is 5.92 Å². The highest BCUT2D eigenvalue weighted by Gasteiger charge is 2.38. The minimum atomic E-state index is -4.63. The van der Waals surface area contributed by atoms with Crippen molar-refractivity contribution < 1.29 is 22.6 Å². The summed E-state index contributed by atoms with van der Waals surface area (Å²) < 4.78 is 51.5. The Kier molecular flexibility index (Phi) is 5.35. The number of nitrogens with one attached hydrogen (secondary N) is 1. The van der Waals surface area contributed by atoms with Gasteiger partial charge >= 0.3 is 6.18 Å². The van der Waals surface area contributed by atoms with E-state index in [9.17, 15) is 13.2 Å². The number of nitrogens with zero attached hydrogens (tertiary/aromatic N) is 4. The molecule has 2 aliphatic heterocycles. The van der Waals surface area contributed by atoms with E-state index >= 15 is 0 Å². The molecule has 0 spiro atoms. The van der Waals surface area contributed by atoms with Gasteiger partial charge in [0.15, 0.2) is 0 Å². The second-order valence-corrected chi connectivity index (χ2v) is 8.65. The average molecular weight is 498 g/mol. The largest absolute Gasteiger partial charge is 0.451 e. The fourth-order valence-corrected chi connectivity index (χ4v) is 4.74. The summed E-state index contributed by atoms with van der Waals surface area (Å²) in [5, 5.41) is 1.11. The van der Waals surface area contributed by atoms with Gasteiger partial charge in [0, 0.05) is 33.5 Å². The van der Waals surface area contributed by atoms with E-state index in [0.29, 0.717) is 32.6 Å². The molecule has 1 fully saturated rings. The Morgan fingerprint density at radius 3 is 2.77 bits per heavy atom. The van der Waals surface area contributed by atoms with E-state index in [1.165, 1.54) is 5.56 Å². The first kappa shape index (κ1) is 20.7. The molecule has 5 rings (SSSR count). The molecule has 4 heterocycles. The van der Waals surface area contributed by atoms with Gasteiger partial charge in [0.05, 0.1) is 19.3 Å². The molecule has 0 saturated carbocycles. The molecule has 0 unspecified atom stereocenters. The molecule has 1 saturated heterocycles. The van der Waals surface area contributed by atoms with Crippen molar-refractivity contribution in [1.29, 1.82) is 0 Å². The number of aromatic amines is 1. The number of anilines is 1. The molecule has 0 bridgehead atoms. The second kappa shape index (κ2) is 8.03. The quantitative estimate of drug-likeness (QED) is 0.582. The van der Waals surface area contributed by atoms with Crippen LogP contribution in [-0.4, -0.2) is 46.5 Å². The van der Waals surface area contributed by atoms with Crippen molar-refractivity contribution in [2.75, 3.05) is 31.5 Å². The Morgan fingerprint density at radius 2 is 2.00 bits per heavy atom. The van der Waals surface area contributed by atoms with Gasteiger partial charge in [0.2, 0.25) is 11.8 Å². The molecule has 0 radical (unpaired) electrons. The van der Waals surface area contributed by atoms with Gasteiger partial charge in [-0.05, 0) is 36.6 Å². The van der Waals surface area contributed by atoms with Gasteiger partial charge in [-0.1, -0.05) is 15.9 Å². The number of rotatable bonds is 3. The van der Waals surface area contributed by atoms with Crippen LogP contribution in [0.25, 0.3) is 10.9 Å². The van der Waals surface area contributed by atoms with Crippen molar-refractivity contribution in [2.45, 2.75) is 25.1 Å². The number of fused-ring (bicyclic) bond motifs is 3.